The lowest BCUT2D eigenvalue weighted by Crippen LogP contribution is -2.45. The normalized spacial score (nSPS) is 20.9. The summed E-state index contributed by atoms with van der Waals surface area (Å²) in [6.07, 6.45) is 5.36. The van der Waals surface area contributed by atoms with Crippen molar-refractivity contribution < 1.29 is 19.4 Å². The molecule has 11 heteroatoms. The van der Waals surface area contributed by atoms with Gasteiger partial charge in [0.15, 0.2) is 3.92 Å². The summed E-state index contributed by atoms with van der Waals surface area (Å²) in [5, 5.41) is 14.2. The number of likely N-dealkylation sites (tertiary alicyclic amines) is 1. The molecule has 1 fully saturated rings. The monoisotopic (exact) mass is 674 g/mol. The number of ether oxygens (including phenoxy) is 1. The van der Waals surface area contributed by atoms with Crippen LogP contribution in [0.2, 0.25) is 0 Å². The quantitative estimate of drug-likeness (QED) is 0.277. The lowest BCUT2D eigenvalue weighted by Gasteiger charge is -2.32. The number of rotatable bonds is 7. The van der Waals surface area contributed by atoms with Crippen LogP contribution in [-0.2, 0) is 22.4 Å². The van der Waals surface area contributed by atoms with Crippen molar-refractivity contribution in [1.29, 1.82) is 0 Å². The topological polar surface area (TPSA) is 105 Å². The van der Waals surface area contributed by atoms with Gasteiger partial charge in [0.25, 0.3) is 0 Å². The zero-order chi connectivity index (χ0) is 27.7. The van der Waals surface area contributed by atoms with Crippen LogP contribution < -0.4 is 5.32 Å². The Balaban J connectivity index is 1.30. The number of anilines is 1. The minimum atomic E-state index is -0.889. The number of hydrogen-bond acceptors (Lipinski definition) is 7. The number of amides is 2. The Hall–Kier alpha value is -2.60. The molecule has 2 amide bonds. The van der Waals surface area contributed by atoms with Crippen LogP contribution in [0.15, 0.2) is 63.5 Å². The van der Waals surface area contributed by atoms with E-state index in [9.17, 15) is 14.7 Å². The van der Waals surface area contributed by atoms with Crippen LogP contribution in [0, 0.1) is 0 Å². The fraction of sp³-hybridized carbons (Fsp3) is 0.357. The molecule has 1 aliphatic carbocycles. The average molecular weight is 676 g/mol. The molecule has 2 aliphatic rings. The van der Waals surface area contributed by atoms with E-state index in [4.69, 9.17) is 4.74 Å². The maximum atomic E-state index is 13.1. The van der Waals surface area contributed by atoms with Crippen LogP contribution in [0.4, 0.5) is 10.5 Å². The summed E-state index contributed by atoms with van der Waals surface area (Å²) >= 11 is 8.62. The molecule has 39 heavy (non-hydrogen) atoms. The van der Waals surface area contributed by atoms with E-state index in [1.807, 2.05) is 18.2 Å². The van der Waals surface area contributed by atoms with Gasteiger partial charge < -0.3 is 15.2 Å². The summed E-state index contributed by atoms with van der Waals surface area (Å²) in [4.78, 5) is 37.6. The summed E-state index contributed by atoms with van der Waals surface area (Å²) < 4.78 is 6.94. The first-order valence-corrected chi connectivity index (χ1v) is 15.1. The van der Waals surface area contributed by atoms with Gasteiger partial charge in [-0.15, -0.1) is 11.3 Å². The number of thiazole rings is 1. The Bertz CT molecular complexity index is 1400. The molecule has 3 heterocycles. The third-order valence-electron chi connectivity index (χ3n) is 7.18. The van der Waals surface area contributed by atoms with Crippen molar-refractivity contribution in [2.24, 2.45) is 0 Å². The van der Waals surface area contributed by atoms with Crippen LogP contribution in [0.3, 0.4) is 0 Å². The van der Waals surface area contributed by atoms with Gasteiger partial charge in [0.05, 0.1) is 29.1 Å². The van der Waals surface area contributed by atoms with E-state index in [2.05, 4.69) is 53.7 Å². The Morgan fingerprint density at radius 3 is 2.82 bits per heavy atom. The standard InChI is InChI=1S/C28H28Br2N4O4S/c1-15(2)38-28(37)34-18(6-9-22(34)25(35)17-4-3-11-31-14-17)12-16-5-8-21(20(29)13-16)32-26(36)19-7-10-23-24(19)33-27(30)39-23/h3-5,8,11,13-14,18-19,22,25,35H,1,6-7,9-10,12H2,2H3,(H,32,36)/t18-,19+,22+,25+/m0/s1. The second-order valence-electron chi connectivity index (χ2n) is 9.88. The fourth-order valence-corrected chi connectivity index (χ4v) is 7.58. The second-order valence-corrected chi connectivity index (χ2v) is 13.1. The number of carbonyl (C=O) groups excluding carboxylic acids is 2. The van der Waals surface area contributed by atoms with Gasteiger partial charge in [0, 0.05) is 33.3 Å². The molecule has 0 spiro atoms. The number of aliphatic hydroxyl groups is 1. The first-order chi connectivity index (χ1) is 18.7. The third-order valence-corrected chi connectivity index (χ3v) is 9.42. The van der Waals surface area contributed by atoms with Crippen molar-refractivity contribution in [1.82, 2.24) is 14.9 Å². The molecule has 0 bridgehead atoms. The van der Waals surface area contributed by atoms with Crippen LogP contribution in [-0.4, -0.2) is 44.1 Å². The summed E-state index contributed by atoms with van der Waals surface area (Å²) in [6, 6.07) is 8.72. The van der Waals surface area contributed by atoms with Gasteiger partial charge in [-0.1, -0.05) is 18.7 Å². The number of aliphatic hydroxyl groups excluding tert-OH is 1. The summed E-state index contributed by atoms with van der Waals surface area (Å²) in [5.74, 6) is -0.0390. The molecule has 3 aromatic rings. The molecule has 204 valence electrons. The number of halogens is 2. The zero-order valence-electron chi connectivity index (χ0n) is 21.3. The zero-order valence-corrected chi connectivity index (χ0v) is 25.3. The number of allylic oxidation sites excluding steroid dienone is 1. The van der Waals surface area contributed by atoms with E-state index in [1.165, 1.54) is 0 Å². The smallest absolute Gasteiger partial charge is 0.415 e. The molecule has 2 aromatic heterocycles. The molecule has 1 aromatic carbocycles. The van der Waals surface area contributed by atoms with E-state index in [0.29, 0.717) is 36.3 Å². The highest BCUT2D eigenvalue weighted by Gasteiger charge is 2.42. The molecular formula is C28H28Br2N4O4S. The van der Waals surface area contributed by atoms with Crippen molar-refractivity contribution in [3.63, 3.8) is 0 Å². The van der Waals surface area contributed by atoms with Crippen LogP contribution in [0.5, 0.6) is 0 Å². The van der Waals surface area contributed by atoms with Gasteiger partial charge in [-0.2, -0.15) is 0 Å². The summed E-state index contributed by atoms with van der Waals surface area (Å²) in [6.45, 7) is 5.33. The highest BCUT2D eigenvalue weighted by Crippen LogP contribution is 2.40. The highest BCUT2D eigenvalue weighted by atomic mass is 79.9. The number of pyridine rings is 1. The number of hydrogen-bond donors (Lipinski definition) is 2. The maximum absolute atomic E-state index is 13.1. The minimum absolute atomic E-state index is 0.0725. The molecule has 0 saturated carbocycles. The highest BCUT2D eigenvalue weighted by molar-refractivity contribution is 9.11. The Morgan fingerprint density at radius 2 is 2.10 bits per heavy atom. The molecule has 2 N–H and O–H groups in total. The van der Waals surface area contributed by atoms with Crippen LogP contribution >= 0.6 is 43.2 Å². The van der Waals surface area contributed by atoms with Crippen molar-refractivity contribution in [2.75, 3.05) is 5.32 Å². The van der Waals surface area contributed by atoms with E-state index in [1.54, 1.807) is 47.7 Å². The third kappa shape index (κ3) is 6.11. The average Bonchev–Trinajstić information content (AvgIpc) is 3.59. The molecular weight excluding hydrogens is 648 g/mol. The minimum Gasteiger partial charge on any atom is -0.416 e. The molecule has 1 saturated heterocycles. The van der Waals surface area contributed by atoms with Crippen LogP contribution in [0.1, 0.15) is 59.9 Å². The second kappa shape index (κ2) is 11.9. The first-order valence-electron chi connectivity index (χ1n) is 12.7. The van der Waals surface area contributed by atoms with Crippen molar-refractivity contribution in [3.8, 4) is 0 Å². The summed E-state index contributed by atoms with van der Waals surface area (Å²) in [7, 11) is 0. The van der Waals surface area contributed by atoms with Crippen molar-refractivity contribution in [2.45, 2.75) is 63.1 Å². The number of aryl methyl sites for hydroxylation is 1. The number of nitrogens with zero attached hydrogens (tertiary/aromatic N) is 3. The van der Waals surface area contributed by atoms with Gasteiger partial charge in [-0.25, -0.2) is 9.78 Å². The molecule has 1 aliphatic heterocycles. The van der Waals surface area contributed by atoms with E-state index >= 15 is 0 Å². The molecule has 5 rings (SSSR count). The van der Waals surface area contributed by atoms with Gasteiger partial charge in [-0.3, -0.25) is 14.7 Å². The maximum Gasteiger partial charge on any atom is 0.415 e. The van der Waals surface area contributed by atoms with E-state index < -0.39 is 18.2 Å². The van der Waals surface area contributed by atoms with E-state index in [0.717, 1.165) is 37.4 Å². The van der Waals surface area contributed by atoms with Gasteiger partial charge >= 0.3 is 6.09 Å². The number of benzene rings is 1. The van der Waals surface area contributed by atoms with Crippen molar-refractivity contribution in [3.05, 3.63) is 85.2 Å². The van der Waals surface area contributed by atoms with E-state index in [-0.39, 0.29) is 17.9 Å². The summed E-state index contributed by atoms with van der Waals surface area (Å²) in [5.41, 5.74) is 3.18. The largest absolute Gasteiger partial charge is 0.416 e. The number of fused-ring (bicyclic) bond motifs is 1. The van der Waals surface area contributed by atoms with Gasteiger partial charge in [-0.05, 0) is 94.7 Å². The fourth-order valence-electron chi connectivity index (χ4n) is 5.41. The molecule has 4 atom stereocenters. The molecule has 0 radical (unpaired) electrons. The molecule has 0 unspecified atom stereocenters. The predicted octanol–water partition coefficient (Wildman–Crippen LogP) is 6.51. The van der Waals surface area contributed by atoms with Crippen LogP contribution in [0.25, 0.3) is 0 Å². The van der Waals surface area contributed by atoms with Gasteiger partial charge in [0.1, 0.15) is 6.10 Å². The van der Waals surface area contributed by atoms with Gasteiger partial charge in [0.2, 0.25) is 5.91 Å². The Morgan fingerprint density at radius 1 is 1.28 bits per heavy atom. The Kier molecular flexibility index (Phi) is 8.51. The predicted molar refractivity (Wildman–Crippen MR) is 156 cm³/mol. The lowest BCUT2D eigenvalue weighted by atomic mass is 10.0. The van der Waals surface area contributed by atoms with Crippen molar-refractivity contribution >= 4 is 60.9 Å². The SMILES string of the molecule is C=C(C)OC(=O)N1[C@H](Cc2ccc(NC(=O)[C@@H]3CCc4sc(Br)nc43)c(Br)c2)CC[C@@H]1[C@H](O)c1cccnc1. The number of aromatic nitrogens is 2. The first kappa shape index (κ1) is 27.9. The Labute approximate surface area is 247 Å². The molecule has 8 nitrogen and oxygen atoms in total. The lowest BCUT2D eigenvalue weighted by molar-refractivity contribution is -0.117. The number of carbonyl (C=O) groups is 2. The number of nitrogens with one attached hydrogen (secondary N) is 1.